The summed E-state index contributed by atoms with van der Waals surface area (Å²) < 4.78 is 5.02. The van der Waals surface area contributed by atoms with Gasteiger partial charge in [0.1, 0.15) is 11.8 Å². The van der Waals surface area contributed by atoms with Crippen molar-refractivity contribution >= 4 is 35.5 Å². The lowest BCUT2D eigenvalue weighted by atomic mass is 9.86. The lowest BCUT2D eigenvalue weighted by Gasteiger charge is -2.30. The number of imide groups is 1. The second-order valence-electron chi connectivity index (χ2n) is 7.85. The van der Waals surface area contributed by atoms with E-state index in [9.17, 15) is 19.2 Å². The van der Waals surface area contributed by atoms with Gasteiger partial charge in [0.25, 0.3) is 0 Å². The molecule has 0 spiro atoms. The predicted octanol–water partition coefficient (Wildman–Crippen LogP) is 2.21. The van der Waals surface area contributed by atoms with E-state index in [2.05, 4.69) is 5.10 Å². The van der Waals surface area contributed by atoms with Crippen LogP contribution in [-0.2, 0) is 14.4 Å². The maximum atomic E-state index is 13.5. The van der Waals surface area contributed by atoms with Crippen LogP contribution in [0.4, 0.5) is 5.69 Å². The summed E-state index contributed by atoms with van der Waals surface area (Å²) in [5.41, 5.74) is 0.831. The summed E-state index contributed by atoms with van der Waals surface area (Å²) in [6.07, 6.45) is 5.09. The molecule has 3 heterocycles. The van der Waals surface area contributed by atoms with Crippen LogP contribution < -0.4 is 9.64 Å². The summed E-state index contributed by atoms with van der Waals surface area (Å²) in [5, 5.41) is 5.92. The molecule has 0 radical (unpaired) electrons. The van der Waals surface area contributed by atoms with Gasteiger partial charge in [-0.1, -0.05) is 36.4 Å². The van der Waals surface area contributed by atoms with Crippen LogP contribution in [0, 0.1) is 11.8 Å². The van der Waals surface area contributed by atoms with E-state index < -0.39 is 35.8 Å². The molecule has 0 unspecified atom stereocenters. The molecule has 32 heavy (non-hydrogen) atoms. The summed E-state index contributed by atoms with van der Waals surface area (Å²) >= 11 is 0. The van der Waals surface area contributed by atoms with E-state index in [4.69, 9.17) is 4.74 Å². The van der Waals surface area contributed by atoms with E-state index in [0.717, 1.165) is 4.90 Å². The quantitative estimate of drug-likeness (QED) is 0.320. The number of carbonyl (C=O) groups is 4. The van der Waals surface area contributed by atoms with Crippen LogP contribution in [0.5, 0.6) is 5.75 Å². The molecule has 0 N–H and O–H groups in total. The maximum Gasteiger partial charge on any atom is 0.308 e. The van der Waals surface area contributed by atoms with Gasteiger partial charge >= 0.3 is 5.97 Å². The minimum absolute atomic E-state index is 0.247. The minimum atomic E-state index is -0.879. The number of anilines is 1. The third-order valence-corrected chi connectivity index (χ3v) is 5.97. The number of ether oxygens (including phenoxy) is 1. The van der Waals surface area contributed by atoms with Gasteiger partial charge in [0, 0.05) is 18.7 Å². The van der Waals surface area contributed by atoms with Gasteiger partial charge in [-0.25, -0.2) is 4.90 Å². The van der Waals surface area contributed by atoms with E-state index >= 15 is 0 Å². The van der Waals surface area contributed by atoms with Crippen LogP contribution in [0.1, 0.15) is 17.3 Å². The molecule has 5 rings (SSSR count). The number of Topliss-reactive ketones (excluding diaryl/α,β-unsaturated/α-hetero) is 1. The fourth-order valence-electron chi connectivity index (χ4n) is 4.69. The Morgan fingerprint density at radius 3 is 2.31 bits per heavy atom. The van der Waals surface area contributed by atoms with Crippen LogP contribution in [-0.4, -0.2) is 46.9 Å². The normalized spacial score (nSPS) is 25.7. The largest absolute Gasteiger partial charge is 0.427 e. The highest BCUT2D eigenvalue weighted by Crippen LogP contribution is 2.46. The first-order valence-electron chi connectivity index (χ1n) is 10.2. The third kappa shape index (κ3) is 3.03. The predicted molar refractivity (Wildman–Crippen MR) is 115 cm³/mol. The van der Waals surface area contributed by atoms with E-state index in [0.29, 0.717) is 17.0 Å². The molecule has 8 heteroatoms. The highest BCUT2D eigenvalue weighted by molar-refractivity contribution is 6.24. The number of benzene rings is 2. The molecule has 0 aromatic heterocycles. The Bertz CT molecular complexity index is 1170. The average molecular weight is 429 g/mol. The van der Waals surface area contributed by atoms with Crippen molar-refractivity contribution in [2.24, 2.45) is 16.9 Å². The first-order chi connectivity index (χ1) is 15.5. The Kier molecular flexibility index (Phi) is 4.70. The fraction of sp³-hybridized carbons (Fsp3) is 0.208. The average Bonchev–Trinajstić information content (AvgIpc) is 3.27. The van der Waals surface area contributed by atoms with E-state index in [-0.39, 0.29) is 11.7 Å². The van der Waals surface area contributed by atoms with E-state index in [1.54, 1.807) is 59.8 Å². The lowest BCUT2D eigenvalue weighted by molar-refractivity contribution is -0.132. The van der Waals surface area contributed by atoms with Crippen LogP contribution >= 0.6 is 0 Å². The smallest absolute Gasteiger partial charge is 0.308 e. The number of allylic oxidation sites excluding steroid dienone is 1. The summed E-state index contributed by atoms with van der Waals surface area (Å²) in [5.74, 6) is -2.78. The van der Waals surface area contributed by atoms with Crippen LogP contribution in [0.25, 0.3) is 0 Å². The van der Waals surface area contributed by atoms with Gasteiger partial charge in [0.2, 0.25) is 11.8 Å². The minimum Gasteiger partial charge on any atom is -0.427 e. The molecule has 0 aliphatic carbocycles. The first-order valence-corrected chi connectivity index (χ1v) is 10.2. The number of carbonyl (C=O) groups excluding carboxylic acids is 4. The molecular weight excluding hydrogens is 410 g/mol. The van der Waals surface area contributed by atoms with Crippen molar-refractivity contribution in [2.45, 2.75) is 19.0 Å². The Morgan fingerprint density at radius 2 is 1.62 bits per heavy atom. The molecule has 2 saturated heterocycles. The number of ketones is 1. The summed E-state index contributed by atoms with van der Waals surface area (Å²) in [7, 11) is 0. The standard InChI is InChI=1S/C24H19N3O5/c1-14(28)32-17-11-9-16(10-12-17)26-23(30)19-18-8-5-13-25-27(18)21(20(19)24(26)31)22(29)15-6-3-2-4-7-15/h2-13,18-21H,1H3/t18-,19-,20-,21+/m1/s1. The first kappa shape index (κ1) is 19.9. The molecule has 0 saturated carbocycles. The van der Waals surface area contributed by atoms with Gasteiger partial charge < -0.3 is 4.74 Å². The van der Waals surface area contributed by atoms with Crippen LogP contribution in [0.2, 0.25) is 0 Å². The summed E-state index contributed by atoms with van der Waals surface area (Å²) in [6, 6.07) is 13.5. The van der Waals surface area contributed by atoms with Crippen molar-refractivity contribution in [3.8, 4) is 5.75 Å². The van der Waals surface area contributed by atoms with Gasteiger partial charge in [-0.2, -0.15) is 5.10 Å². The molecule has 160 valence electrons. The van der Waals surface area contributed by atoms with Crippen molar-refractivity contribution in [2.75, 3.05) is 4.90 Å². The van der Waals surface area contributed by atoms with Crippen molar-refractivity contribution in [3.63, 3.8) is 0 Å². The molecule has 0 bridgehead atoms. The van der Waals surface area contributed by atoms with Crippen LogP contribution in [0.15, 0.2) is 71.9 Å². The summed E-state index contributed by atoms with van der Waals surface area (Å²) in [6.45, 7) is 1.29. The highest BCUT2D eigenvalue weighted by atomic mass is 16.5. The van der Waals surface area contributed by atoms with Gasteiger partial charge in [0.05, 0.1) is 23.6 Å². The van der Waals surface area contributed by atoms with Crippen molar-refractivity contribution in [1.29, 1.82) is 0 Å². The molecule has 2 amide bonds. The topological polar surface area (TPSA) is 96.3 Å². The molecule has 2 fully saturated rings. The summed E-state index contributed by atoms with van der Waals surface area (Å²) in [4.78, 5) is 52.6. The highest BCUT2D eigenvalue weighted by Gasteiger charge is 2.64. The number of hydrazone groups is 1. The monoisotopic (exact) mass is 429 g/mol. The SMILES string of the molecule is CC(=O)Oc1ccc(N2C(=O)[C@@H]3[C@H](C2=O)[C@H]2C=CC=NN2[C@@H]3C(=O)c2ccccc2)cc1. The van der Waals surface area contributed by atoms with Crippen LogP contribution in [0.3, 0.4) is 0 Å². The molecule has 2 aromatic rings. The number of rotatable bonds is 4. The number of nitrogens with zero attached hydrogens (tertiary/aromatic N) is 3. The number of esters is 1. The zero-order chi connectivity index (χ0) is 22.4. The van der Waals surface area contributed by atoms with Gasteiger partial charge in [0.15, 0.2) is 5.78 Å². The molecule has 3 aliphatic rings. The molecule has 8 nitrogen and oxygen atoms in total. The number of hydrogen-bond donors (Lipinski definition) is 0. The van der Waals surface area contributed by atoms with Gasteiger partial charge in [-0.15, -0.1) is 0 Å². The van der Waals surface area contributed by atoms with Gasteiger partial charge in [-0.05, 0) is 30.3 Å². The van der Waals surface area contributed by atoms with E-state index in [1.165, 1.54) is 19.1 Å². The number of fused-ring (bicyclic) bond motifs is 3. The number of hydrogen-bond acceptors (Lipinski definition) is 7. The molecule has 2 aromatic carbocycles. The molecule has 4 atom stereocenters. The maximum absolute atomic E-state index is 13.5. The second kappa shape index (κ2) is 7.56. The van der Waals surface area contributed by atoms with E-state index in [1.807, 2.05) is 6.07 Å². The van der Waals surface area contributed by atoms with Gasteiger partial charge in [-0.3, -0.25) is 24.2 Å². The number of amides is 2. The Morgan fingerprint density at radius 1 is 0.938 bits per heavy atom. The zero-order valence-electron chi connectivity index (χ0n) is 17.1. The zero-order valence-corrected chi connectivity index (χ0v) is 17.1. The van der Waals surface area contributed by atoms with Crippen molar-refractivity contribution < 1.29 is 23.9 Å². The van der Waals surface area contributed by atoms with Crippen molar-refractivity contribution in [1.82, 2.24) is 5.01 Å². The lowest BCUT2D eigenvalue weighted by Crippen LogP contribution is -2.46. The fourth-order valence-corrected chi connectivity index (χ4v) is 4.69. The molecule has 3 aliphatic heterocycles. The Hall–Kier alpha value is -4.07. The Labute approximate surface area is 183 Å². The van der Waals surface area contributed by atoms with Crippen molar-refractivity contribution in [3.05, 3.63) is 72.3 Å². The molecular formula is C24H19N3O5. The second-order valence-corrected chi connectivity index (χ2v) is 7.85. The third-order valence-electron chi connectivity index (χ3n) is 5.97. The Balaban J connectivity index is 1.52.